The summed E-state index contributed by atoms with van der Waals surface area (Å²) in [6.45, 7) is 0.406. The van der Waals surface area contributed by atoms with Crippen molar-refractivity contribution in [2.45, 2.75) is 18.9 Å². The van der Waals surface area contributed by atoms with Crippen molar-refractivity contribution in [1.82, 2.24) is 5.32 Å². The van der Waals surface area contributed by atoms with E-state index in [0.29, 0.717) is 6.42 Å². The third kappa shape index (κ3) is 6.06. The number of carboxylic acids is 2. The van der Waals surface area contributed by atoms with E-state index >= 15 is 0 Å². The lowest BCUT2D eigenvalue weighted by Crippen LogP contribution is -2.39. The fourth-order valence-corrected chi connectivity index (χ4v) is 0.833. The number of nitrogens with one attached hydrogen (secondary N) is 1. The van der Waals surface area contributed by atoms with Crippen LogP contribution in [0.2, 0.25) is 0 Å². The Bertz CT molecular complexity index is 183. The first kappa shape index (κ1) is 11.9. The third-order valence-corrected chi connectivity index (χ3v) is 1.48. The summed E-state index contributed by atoms with van der Waals surface area (Å²) in [4.78, 5) is 20.6. The zero-order valence-electron chi connectivity index (χ0n) is 7.19. The van der Waals surface area contributed by atoms with Gasteiger partial charge in [0.15, 0.2) is 0 Å². The minimum Gasteiger partial charge on any atom is -0.481 e. The van der Waals surface area contributed by atoms with Gasteiger partial charge in [0.1, 0.15) is 6.04 Å². The molecule has 1 unspecified atom stereocenters. The quantitative estimate of drug-likeness (QED) is 0.403. The molecule has 0 fully saturated rings. The monoisotopic (exact) mass is 190 g/mol. The molecule has 0 radical (unpaired) electrons. The molecule has 0 saturated carbocycles. The Morgan fingerprint density at radius 1 is 1.38 bits per heavy atom. The molecule has 13 heavy (non-hydrogen) atoms. The van der Waals surface area contributed by atoms with Crippen molar-refractivity contribution in [3.63, 3.8) is 0 Å². The van der Waals surface area contributed by atoms with Gasteiger partial charge in [-0.15, -0.1) is 0 Å². The van der Waals surface area contributed by atoms with Gasteiger partial charge >= 0.3 is 11.9 Å². The number of nitrogens with two attached hydrogens (primary N) is 1. The van der Waals surface area contributed by atoms with E-state index in [1.54, 1.807) is 0 Å². The molecule has 0 spiro atoms. The van der Waals surface area contributed by atoms with Gasteiger partial charge in [-0.3, -0.25) is 9.59 Å². The molecule has 0 saturated heterocycles. The molecule has 0 amide bonds. The molecule has 5 N–H and O–H groups in total. The zero-order chi connectivity index (χ0) is 10.3. The van der Waals surface area contributed by atoms with Crippen LogP contribution in [0.1, 0.15) is 12.8 Å². The van der Waals surface area contributed by atoms with Crippen LogP contribution in [0, 0.1) is 0 Å². The van der Waals surface area contributed by atoms with E-state index in [1.165, 1.54) is 0 Å². The molecule has 6 nitrogen and oxygen atoms in total. The molecule has 6 heteroatoms. The molecule has 0 aliphatic carbocycles. The van der Waals surface area contributed by atoms with E-state index in [9.17, 15) is 9.59 Å². The summed E-state index contributed by atoms with van der Waals surface area (Å²) in [6.07, 6.45) is 0.212. The molecule has 0 heterocycles. The standard InChI is InChI=1S/C7H14N2O4/c8-3-1-5(7(12)13)9-4-2-6(10)11/h5,9H,1-4,8H2,(H,10,11)(H,12,13). The second-order valence-electron chi connectivity index (χ2n) is 2.57. The maximum Gasteiger partial charge on any atom is 0.320 e. The predicted octanol–water partition coefficient (Wildman–Crippen LogP) is -1.15. The Balaban J connectivity index is 3.69. The summed E-state index contributed by atoms with van der Waals surface area (Å²) in [6, 6.07) is -0.746. The van der Waals surface area contributed by atoms with Crippen LogP contribution in [0.3, 0.4) is 0 Å². The van der Waals surface area contributed by atoms with Crippen LogP contribution in [-0.4, -0.2) is 41.3 Å². The second-order valence-corrected chi connectivity index (χ2v) is 2.57. The van der Waals surface area contributed by atoms with Gasteiger partial charge in [-0.2, -0.15) is 0 Å². The number of hydrogen-bond acceptors (Lipinski definition) is 4. The van der Waals surface area contributed by atoms with E-state index in [0.717, 1.165) is 0 Å². The molecule has 76 valence electrons. The third-order valence-electron chi connectivity index (χ3n) is 1.48. The van der Waals surface area contributed by atoms with Crippen molar-refractivity contribution >= 4 is 11.9 Å². The molecular formula is C7H14N2O4. The smallest absolute Gasteiger partial charge is 0.320 e. The van der Waals surface area contributed by atoms with Crippen molar-refractivity contribution < 1.29 is 19.8 Å². The van der Waals surface area contributed by atoms with Gasteiger partial charge in [-0.05, 0) is 13.0 Å². The summed E-state index contributed by atoms with van der Waals surface area (Å²) in [5.74, 6) is -1.96. The normalized spacial score (nSPS) is 12.4. The maximum absolute atomic E-state index is 10.5. The van der Waals surface area contributed by atoms with E-state index in [-0.39, 0.29) is 19.5 Å². The van der Waals surface area contributed by atoms with Crippen molar-refractivity contribution in [3.05, 3.63) is 0 Å². The molecular weight excluding hydrogens is 176 g/mol. The van der Waals surface area contributed by atoms with Crippen LogP contribution < -0.4 is 11.1 Å². The van der Waals surface area contributed by atoms with Gasteiger partial charge in [0.2, 0.25) is 0 Å². The molecule has 0 bridgehead atoms. The SMILES string of the molecule is NCCC(NCCC(=O)O)C(=O)O. The van der Waals surface area contributed by atoms with Gasteiger partial charge in [0.25, 0.3) is 0 Å². The van der Waals surface area contributed by atoms with Crippen LogP contribution in [0.5, 0.6) is 0 Å². The van der Waals surface area contributed by atoms with E-state index in [2.05, 4.69) is 5.32 Å². The number of rotatable bonds is 7. The fourth-order valence-electron chi connectivity index (χ4n) is 0.833. The van der Waals surface area contributed by atoms with Gasteiger partial charge in [-0.25, -0.2) is 0 Å². The van der Waals surface area contributed by atoms with Crippen LogP contribution >= 0.6 is 0 Å². The number of hydrogen-bond donors (Lipinski definition) is 4. The number of carbonyl (C=O) groups is 2. The highest BCUT2D eigenvalue weighted by Crippen LogP contribution is 1.90. The van der Waals surface area contributed by atoms with Crippen LogP contribution in [0.15, 0.2) is 0 Å². The van der Waals surface area contributed by atoms with Crippen LogP contribution in [-0.2, 0) is 9.59 Å². The first-order valence-electron chi connectivity index (χ1n) is 3.96. The highest BCUT2D eigenvalue weighted by Gasteiger charge is 2.15. The molecule has 0 aliphatic heterocycles. The first-order valence-corrected chi connectivity index (χ1v) is 3.96. The fraction of sp³-hybridized carbons (Fsp3) is 0.714. The van der Waals surface area contributed by atoms with Gasteiger partial charge in [0, 0.05) is 6.54 Å². The van der Waals surface area contributed by atoms with Crippen LogP contribution in [0.4, 0.5) is 0 Å². The molecule has 0 aromatic rings. The first-order chi connectivity index (χ1) is 6.07. The Hall–Kier alpha value is -1.14. The molecule has 1 atom stereocenters. The Morgan fingerprint density at radius 3 is 2.38 bits per heavy atom. The minimum absolute atomic E-state index is 0.0889. The van der Waals surface area contributed by atoms with E-state index < -0.39 is 18.0 Å². The Kier molecular flexibility index (Phi) is 5.82. The maximum atomic E-state index is 10.5. The molecule has 0 aromatic carbocycles. The van der Waals surface area contributed by atoms with Crippen molar-refractivity contribution in [2.24, 2.45) is 5.73 Å². The van der Waals surface area contributed by atoms with Gasteiger partial charge in [-0.1, -0.05) is 0 Å². The lowest BCUT2D eigenvalue weighted by atomic mass is 10.2. The number of aliphatic carboxylic acids is 2. The molecule has 0 aliphatic rings. The van der Waals surface area contributed by atoms with Gasteiger partial charge in [0.05, 0.1) is 6.42 Å². The van der Waals surface area contributed by atoms with Crippen molar-refractivity contribution in [3.8, 4) is 0 Å². The highest BCUT2D eigenvalue weighted by atomic mass is 16.4. The van der Waals surface area contributed by atoms with E-state index in [4.69, 9.17) is 15.9 Å². The number of carboxylic acid groups (broad SMARTS) is 2. The Morgan fingerprint density at radius 2 is 2.00 bits per heavy atom. The average Bonchev–Trinajstić information content (AvgIpc) is 2.02. The topological polar surface area (TPSA) is 113 Å². The summed E-state index contributed by atoms with van der Waals surface area (Å²) in [5, 5.41) is 19.5. The summed E-state index contributed by atoms with van der Waals surface area (Å²) < 4.78 is 0. The second kappa shape index (κ2) is 6.38. The Labute approximate surface area is 75.7 Å². The molecule has 0 aromatic heterocycles. The lowest BCUT2D eigenvalue weighted by molar-refractivity contribution is -0.141. The largest absolute Gasteiger partial charge is 0.481 e. The average molecular weight is 190 g/mol. The minimum atomic E-state index is -1.00. The zero-order valence-corrected chi connectivity index (χ0v) is 7.19. The molecule has 0 rings (SSSR count). The highest BCUT2D eigenvalue weighted by molar-refractivity contribution is 5.73. The lowest BCUT2D eigenvalue weighted by Gasteiger charge is -2.11. The summed E-state index contributed by atoms with van der Waals surface area (Å²) >= 11 is 0. The van der Waals surface area contributed by atoms with Crippen LogP contribution in [0.25, 0.3) is 0 Å². The predicted molar refractivity (Wildman–Crippen MR) is 45.4 cm³/mol. The summed E-state index contributed by atoms with van der Waals surface area (Å²) in [7, 11) is 0. The van der Waals surface area contributed by atoms with E-state index in [1.807, 2.05) is 0 Å². The summed E-state index contributed by atoms with van der Waals surface area (Å²) in [5.41, 5.74) is 5.18. The van der Waals surface area contributed by atoms with Crippen molar-refractivity contribution in [2.75, 3.05) is 13.1 Å². The van der Waals surface area contributed by atoms with Gasteiger partial charge < -0.3 is 21.3 Å². The van der Waals surface area contributed by atoms with Crippen molar-refractivity contribution in [1.29, 1.82) is 0 Å².